The Balaban J connectivity index is 0.00000529. The third-order valence-electron chi connectivity index (χ3n) is 3.21. The zero-order chi connectivity index (χ0) is 17.1. The van der Waals surface area contributed by atoms with E-state index >= 15 is 0 Å². The number of halogens is 1. The molecule has 1 rings (SSSR count). The highest BCUT2D eigenvalue weighted by atomic mass is 127. The third kappa shape index (κ3) is 10.1. The van der Waals surface area contributed by atoms with Gasteiger partial charge in [0.05, 0.1) is 6.54 Å². The molecule has 0 aliphatic rings. The van der Waals surface area contributed by atoms with Crippen molar-refractivity contribution in [1.29, 1.82) is 0 Å². The maximum absolute atomic E-state index is 11.6. The van der Waals surface area contributed by atoms with Gasteiger partial charge in [-0.25, -0.2) is 0 Å². The minimum atomic E-state index is 0. The Bertz CT molecular complexity index is 505. The average Bonchev–Trinajstić information content (AvgIpc) is 2.90. The van der Waals surface area contributed by atoms with Crippen LogP contribution in [-0.2, 0) is 11.2 Å². The van der Waals surface area contributed by atoms with Gasteiger partial charge in [0.25, 0.3) is 0 Å². The van der Waals surface area contributed by atoms with Crippen molar-refractivity contribution in [1.82, 2.24) is 16.0 Å². The summed E-state index contributed by atoms with van der Waals surface area (Å²) in [5.41, 5.74) is 0. The Hall–Kier alpha value is -0.830. The molecular weight excluding hydrogens is 435 g/mol. The first kappa shape index (κ1) is 23.2. The molecule has 0 saturated heterocycles. The van der Waals surface area contributed by atoms with Crippen LogP contribution in [-0.4, -0.2) is 37.5 Å². The first-order valence-electron chi connectivity index (χ1n) is 8.42. The van der Waals surface area contributed by atoms with Crippen LogP contribution in [0, 0.1) is 6.92 Å². The number of nitrogens with zero attached hydrogens (tertiary/aromatic N) is 1. The Morgan fingerprint density at radius 2 is 2.04 bits per heavy atom. The first-order chi connectivity index (χ1) is 11.0. The molecule has 0 radical (unpaired) electrons. The maximum Gasteiger partial charge on any atom is 0.221 e. The quantitative estimate of drug-likeness (QED) is 0.298. The number of guanidine groups is 1. The molecule has 3 N–H and O–H groups in total. The molecule has 1 heterocycles. The summed E-state index contributed by atoms with van der Waals surface area (Å²) in [5, 5.41) is 9.50. The fourth-order valence-corrected chi connectivity index (χ4v) is 3.14. The molecule has 0 spiro atoms. The summed E-state index contributed by atoms with van der Waals surface area (Å²) >= 11 is 1.83. The van der Waals surface area contributed by atoms with Crippen molar-refractivity contribution in [3.05, 3.63) is 21.9 Å². The van der Waals surface area contributed by atoms with Crippen molar-refractivity contribution in [2.75, 3.05) is 19.6 Å². The molecule has 1 amide bonds. The molecule has 0 aliphatic heterocycles. The van der Waals surface area contributed by atoms with Gasteiger partial charge in [-0.15, -0.1) is 35.3 Å². The predicted molar refractivity (Wildman–Crippen MR) is 115 cm³/mol. The van der Waals surface area contributed by atoms with E-state index in [1.807, 2.05) is 25.2 Å². The van der Waals surface area contributed by atoms with Crippen LogP contribution in [0.15, 0.2) is 17.1 Å². The highest BCUT2D eigenvalue weighted by Gasteiger charge is 2.08. The summed E-state index contributed by atoms with van der Waals surface area (Å²) in [6, 6.07) is 4.63. The van der Waals surface area contributed by atoms with Crippen molar-refractivity contribution in [3.8, 4) is 0 Å². The van der Waals surface area contributed by atoms with E-state index < -0.39 is 0 Å². The van der Waals surface area contributed by atoms with Gasteiger partial charge < -0.3 is 16.0 Å². The summed E-state index contributed by atoms with van der Waals surface area (Å²) in [4.78, 5) is 18.8. The van der Waals surface area contributed by atoms with Gasteiger partial charge in [-0.3, -0.25) is 9.79 Å². The first-order valence-corrected chi connectivity index (χ1v) is 9.23. The SMILES string of the molecule is CCCNC(=O)CCN=C(NCC)NC(C)Cc1ccc(C)s1.I. The van der Waals surface area contributed by atoms with Crippen LogP contribution >= 0.6 is 35.3 Å². The Morgan fingerprint density at radius 1 is 1.29 bits per heavy atom. The van der Waals surface area contributed by atoms with Crippen LogP contribution in [0.25, 0.3) is 0 Å². The molecule has 138 valence electrons. The zero-order valence-corrected chi connectivity index (χ0v) is 18.3. The van der Waals surface area contributed by atoms with E-state index in [1.54, 1.807) is 0 Å². The molecule has 1 aromatic rings. The maximum atomic E-state index is 11.6. The minimum absolute atomic E-state index is 0. The molecular formula is C17H31IN4OS. The average molecular weight is 466 g/mol. The monoisotopic (exact) mass is 466 g/mol. The fourth-order valence-electron chi connectivity index (χ4n) is 2.12. The van der Waals surface area contributed by atoms with Crippen molar-refractivity contribution in [2.45, 2.75) is 53.0 Å². The normalized spacial score (nSPS) is 12.2. The predicted octanol–water partition coefficient (Wildman–Crippen LogP) is 3.08. The molecule has 0 aliphatic carbocycles. The van der Waals surface area contributed by atoms with Gasteiger partial charge in [0.2, 0.25) is 5.91 Å². The standard InChI is InChI=1S/C17H30N4OS.HI/c1-5-10-19-16(22)9-11-20-17(18-6-2)21-13(3)12-15-8-7-14(4)23-15;/h7-8,13H,5-6,9-12H2,1-4H3,(H,19,22)(H2,18,20,21);1H. The lowest BCUT2D eigenvalue weighted by Crippen LogP contribution is -2.43. The number of carbonyl (C=O) groups is 1. The number of carbonyl (C=O) groups excluding carboxylic acids is 1. The van der Waals surface area contributed by atoms with Crippen molar-refractivity contribution < 1.29 is 4.79 Å². The molecule has 1 unspecified atom stereocenters. The number of rotatable bonds is 9. The Kier molecular flexibility index (Phi) is 13.0. The highest BCUT2D eigenvalue weighted by molar-refractivity contribution is 14.0. The second kappa shape index (κ2) is 13.5. The summed E-state index contributed by atoms with van der Waals surface area (Å²) < 4.78 is 0. The van der Waals surface area contributed by atoms with E-state index in [0.29, 0.717) is 19.0 Å². The van der Waals surface area contributed by atoms with E-state index in [4.69, 9.17) is 0 Å². The van der Waals surface area contributed by atoms with Gasteiger partial charge in [0, 0.05) is 41.7 Å². The number of aryl methyl sites for hydroxylation is 1. The van der Waals surface area contributed by atoms with Crippen LogP contribution in [0.2, 0.25) is 0 Å². The molecule has 0 saturated carbocycles. The molecule has 24 heavy (non-hydrogen) atoms. The van der Waals surface area contributed by atoms with Crippen LogP contribution in [0.5, 0.6) is 0 Å². The molecule has 1 aromatic heterocycles. The molecule has 0 bridgehead atoms. The van der Waals surface area contributed by atoms with Gasteiger partial charge in [-0.2, -0.15) is 0 Å². The number of hydrogen-bond acceptors (Lipinski definition) is 3. The van der Waals surface area contributed by atoms with Crippen molar-refractivity contribution >= 4 is 47.2 Å². The third-order valence-corrected chi connectivity index (χ3v) is 4.23. The van der Waals surface area contributed by atoms with Crippen LogP contribution in [0.4, 0.5) is 0 Å². The smallest absolute Gasteiger partial charge is 0.221 e. The topological polar surface area (TPSA) is 65.5 Å². The molecule has 7 heteroatoms. The van der Waals surface area contributed by atoms with Crippen LogP contribution in [0.3, 0.4) is 0 Å². The minimum Gasteiger partial charge on any atom is -0.357 e. The lowest BCUT2D eigenvalue weighted by molar-refractivity contribution is -0.120. The van der Waals surface area contributed by atoms with Gasteiger partial charge in [0.15, 0.2) is 5.96 Å². The van der Waals surface area contributed by atoms with E-state index in [1.165, 1.54) is 9.75 Å². The molecule has 1 atom stereocenters. The molecule has 0 fully saturated rings. The van der Waals surface area contributed by atoms with Crippen molar-refractivity contribution in [3.63, 3.8) is 0 Å². The summed E-state index contributed by atoms with van der Waals surface area (Å²) in [5.74, 6) is 0.838. The fraction of sp³-hybridized carbons (Fsp3) is 0.647. The van der Waals surface area contributed by atoms with Crippen molar-refractivity contribution in [2.24, 2.45) is 4.99 Å². The van der Waals surface area contributed by atoms with Gasteiger partial charge in [-0.1, -0.05) is 6.92 Å². The van der Waals surface area contributed by atoms with Crippen LogP contribution < -0.4 is 16.0 Å². The summed E-state index contributed by atoms with van der Waals surface area (Å²) in [7, 11) is 0. The molecule has 5 nitrogen and oxygen atoms in total. The summed E-state index contributed by atoms with van der Waals surface area (Å²) in [6.07, 6.45) is 2.36. The highest BCUT2D eigenvalue weighted by Crippen LogP contribution is 2.16. The Labute approximate surface area is 167 Å². The van der Waals surface area contributed by atoms with Gasteiger partial charge >= 0.3 is 0 Å². The number of hydrogen-bond donors (Lipinski definition) is 3. The zero-order valence-electron chi connectivity index (χ0n) is 15.1. The van der Waals surface area contributed by atoms with E-state index in [2.05, 4.69) is 46.9 Å². The number of thiophene rings is 1. The number of nitrogens with one attached hydrogen (secondary N) is 3. The largest absolute Gasteiger partial charge is 0.357 e. The second-order valence-corrected chi connectivity index (χ2v) is 6.99. The van der Waals surface area contributed by atoms with E-state index in [0.717, 1.165) is 31.9 Å². The second-order valence-electron chi connectivity index (χ2n) is 5.62. The summed E-state index contributed by atoms with van der Waals surface area (Å²) in [6.45, 7) is 10.4. The van der Waals surface area contributed by atoms with Gasteiger partial charge in [0.1, 0.15) is 0 Å². The Morgan fingerprint density at radius 3 is 2.62 bits per heavy atom. The van der Waals surface area contributed by atoms with E-state index in [-0.39, 0.29) is 29.9 Å². The molecule has 0 aromatic carbocycles. The van der Waals surface area contributed by atoms with E-state index in [9.17, 15) is 4.79 Å². The lowest BCUT2D eigenvalue weighted by atomic mass is 10.2. The van der Waals surface area contributed by atoms with Crippen LogP contribution in [0.1, 0.15) is 43.4 Å². The number of aliphatic imine (C=N–C) groups is 1. The van der Waals surface area contributed by atoms with Gasteiger partial charge in [-0.05, 0) is 39.3 Å². The number of amides is 1. The lowest BCUT2D eigenvalue weighted by Gasteiger charge is -2.17.